The van der Waals surface area contributed by atoms with Gasteiger partial charge >= 0.3 is 0 Å². The number of hydrogen-bond donors (Lipinski definition) is 0. The van der Waals surface area contributed by atoms with Gasteiger partial charge in [0.2, 0.25) is 0 Å². The summed E-state index contributed by atoms with van der Waals surface area (Å²) >= 11 is 0. The van der Waals surface area contributed by atoms with E-state index in [2.05, 4.69) is 64.9 Å². The molecule has 0 aromatic carbocycles. The maximum absolute atomic E-state index is 4.51. The Morgan fingerprint density at radius 3 is 2.20 bits per heavy atom. The Bertz CT molecular complexity index is 400. The molecule has 0 aromatic rings. The average molecular weight is 273 g/mol. The van der Waals surface area contributed by atoms with Gasteiger partial charge < -0.3 is 0 Å². The van der Waals surface area contributed by atoms with E-state index in [9.17, 15) is 0 Å². The van der Waals surface area contributed by atoms with Gasteiger partial charge in [0.05, 0.1) is 5.54 Å². The summed E-state index contributed by atoms with van der Waals surface area (Å²) < 4.78 is 0. The molecule has 0 radical (unpaired) electrons. The lowest BCUT2D eigenvalue weighted by Gasteiger charge is -2.10. The largest absolute Gasteiger partial charge is 0.287 e. The number of nitrogens with zero attached hydrogens (tertiary/aromatic N) is 1. The lowest BCUT2D eigenvalue weighted by molar-refractivity contribution is 0.586. The standard InChI is InChI=1S/C19H31N/c1-8-16(2)11-9-12-17(3)13-10-14-18(4)15-20-19(5,6)7/h8,12,14-15H,1-2,9-11,13H2,3-7H3/b17-12+,18-14+,20-15?. The summed E-state index contributed by atoms with van der Waals surface area (Å²) in [4.78, 5) is 4.51. The van der Waals surface area contributed by atoms with E-state index in [4.69, 9.17) is 0 Å². The van der Waals surface area contributed by atoms with Crippen molar-refractivity contribution in [1.29, 1.82) is 0 Å². The zero-order chi connectivity index (χ0) is 15.6. The molecule has 0 aromatic heterocycles. The second kappa shape index (κ2) is 9.52. The summed E-state index contributed by atoms with van der Waals surface area (Å²) in [7, 11) is 0. The summed E-state index contributed by atoms with van der Waals surface area (Å²) in [5.74, 6) is 0. The van der Waals surface area contributed by atoms with Crippen LogP contribution in [0.1, 0.15) is 60.3 Å². The van der Waals surface area contributed by atoms with Crippen LogP contribution >= 0.6 is 0 Å². The molecule has 1 nitrogen and oxygen atoms in total. The van der Waals surface area contributed by atoms with Crippen LogP contribution in [-0.2, 0) is 0 Å². The van der Waals surface area contributed by atoms with E-state index < -0.39 is 0 Å². The monoisotopic (exact) mass is 273 g/mol. The van der Waals surface area contributed by atoms with Crippen molar-refractivity contribution in [3.8, 4) is 0 Å². The molecule has 0 saturated heterocycles. The van der Waals surface area contributed by atoms with Gasteiger partial charge in [0.1, 0.15) is 0 Å². The molecular formula is C19H31N. The fraction of sp³-hybridized carbons (Fsp3) is 0.526. The first-order valence-corrected chi connectivity index (χ1v) is 7.42. The Morgan fingerprint density at radius 2 is 1.65 bits per heavy atom. The van der Waals surface area contributed by atoms with Crippen LogP contribution in [0.2, 0.25) is 0 Å². The second-order valence-corrected chi connectivity index (χ2v) is 6.37. The van der Waals surface area contributed by atoms with Gasteiger partial charge in [-0.2, -0.15) is 0 Å². The minimum absolute atomic E-state index is 0.0124. The SMILES string of the molecule is C=CC(=C)CC/C=C(\C)CC/C=C(\C)C=NC(C)(C)C. The molecule has 0 amide bonds. The van der Waals surface area contributed by atoms with E-state index in [1.54, 1.807) is 0 Å². The van der Waals surface area contributed by atoms with Gasteiger partial charge in [0, 0.05) is 6.21 Å². The molecule has 0 aliphatic carbocycles. The Labute approximate surface area is 125 Å². The van der Waals surface area contributed by atoms with Crippen LogP contribution in [0.4, 0.5) is 0 Å². The summed E-state index contributed by atoms with van der Waals surface area (Å²) in [5, 5.41) is 0. The average Bonchev–Trinajstić information content (AvgIpc) is 2.35. The van der Waals surface area contributed by atoms with Crippen LogP contribution in [0, 0.1) is 0 Å². The lowest BCUT2D eigenvalue weighted by atomic mass is 10.1. The molecule has 0 unspecified atom stereocenters. The minimum Gasteiger partial charge on any atom is -0.287 e. The molecule has 0 heterocycles. The van der Waals surface area contributed by atoms with E-state index >= 15 is 0 Å². The molecule has 1 heteroatoms. The number of hydrogen-bond acceptors (Lipinski definition) is 1. The van der Waals surface area contributed by atoms with Crippen LogP contribution in [0.5, 0.6) is 0 Å². The molecule has 0 atom stereocenters. The topological polar surface area (TPSA) is 12.4 Å². The molecule has 0 spiro atoms. The molecule has 0 saturated carbocycles. The Hall–Kier alpha value is -1.37. The summed E-state index contributed by atoms with van der Waals surface area (Å²) in [6.07, 6.45) is 12.6. The number of aliphatic imine (C=N–C) groups is 1. The van der Waals surface area contributed by atoms with Crippen LogP contribution < -0.4 is 0 Å². The first-order chi connectivity index (χ1) is 9.24. The molecule has 0 aliphatic heterocycles. The summed E-state index contributed by atoms with van der Waals surface area (Å²) in [6.45, 7) is 18.3. The Balaban J connectivity index is 4.09. The van der Waals surface area contributed by atoms with Crippen molar-refractivity contribution >= 4 is 6.21 Å². The van der Waals surface area contributed by atoms with Crippen LogP contribution in [-0.4, -0.2) is 11.8 Å². The molecule has 0 bridgehead atoms. The van der Waals surface area contributed by atoms with E-state index in [1.165, 1.54) is 11.1 Å². The van der Waals surface area contributed by atoms with Gasteiger partial charge in [-0.1, -0.05) is 42.5 Å². The lowest BCUT2D eigenvalue weighted by Crippen LogP contribution is -2.09. The molecule has 0 fully saturated rings. The van der Waals surface area contributed by atoms with Gasteiger partial charge in [-0.3, -0.25) is 4.99 Å². The third-order valence-electron chi connectivity index (χ3n) is 2.91. The van der Waals surface area contributed by atoms with Crippen LogP contribution in [0.3, 0.4) is 0 Å². The normalized spacial score (nSPS) is 13.8. The maximum Gasteiger partial charge on any atom is 0.0524 e. The molecular weight excluding hydrogens is 242 g/mol. The highest BCUT2D eigenvalue weighted by Gasteiger charge is 2.04. The van der Waals surface area contributed by atoms with Crippen LogP contribution in [0.15, 0.2) is 53.1 Å². The Kier molecular flexibility index (Phi) is 8.87. The van der Waals surface area contributed by atoms with E-state index in [0.29, 0.717) is 0 Å². The van der Waals surface area contributed by atoms with Gasteiger partial charge in [-0.25, -0.2) is 0 Å². The van der Waals surface area contributed by atoms with E-state index in [-0.39, 0.29) is 5.54 Å². The smallest absolute Gasteiger partial charge is 0.0524 e. The quantitative estimate of drug-likeness (QED) is 0.290. The fourth-order valence-corrected chi connectivity index (χ4v) is 1.58. The summed E-state index contributed by atoms with van der Waals surface area (Å²) in [5.41, 5.74) is 3.81. The molecule has 0 N–H and O–H groups in total. The van der Waals surface area contributed by atoms with Crippen molar-refractivity contribution in [2.45, 2.75) is 65.8 Å². The van der Waals surface area contributed by atoms with Crippen LogP contribution in [0.25, 0.3) is 0 Å². The van der Waals surface area contributed by atoms with Gasteiger partial charge in [-0.05, 0) is 65.9 Å². The second-order valence-electron chi connectivity index (χ2n) is 6.37. The van der Waals surface area contributed by atoms with Gasteiger partial charge in [-0.15, -0.1) is 0 Å². The predicted octanol–water partition coefficient (Wildman–Crippen LogP) is 6.05. The third-order valence-corrected chi connectivity index (χ3v) is 2.91. The van der Waals surface area contributed by atoms with Crippen molar-refractivity contribution in [2.24, 2.45) is 4.99 Å². The van der Waals surface area contributed by atoms with Gasteiger partial charge in [0.25, 0.3) is 0 Å². The highest BCUT2D eigenvalue weighted by Crippen LogP contribution is 2.11. The van der Waals surface area contributed by atoms with E-state index in [0.717, 1.165) is 31.3 Å². The summed E-state index contributed by atoms with van der Waals surface area (Å²) in [6, 6.07) is 0. The molecule has 0 rings (SSSR count). The highest BCUT2D eigenvalue weighted by atomic mass is 14.8. The highest BCUT2D eigenvalue weighted by molar-refractivity contribution is 5.77. The Morgan fingerprint density at radius 1 is 1.05 bits per heavy atom. The van der Waals surface area contributed by atoms with Crippen molar-refractivity contribution in [3.05, 3.63) is 48.1 Å². The minimum atomic E-state index is 0.0124. The van der Waals surface area contributed by atoms with Crippen molar-refractivity contribution in [3.63, 3.8) is 0 Å². The van der Waals surface area contributed by atoms with Crippen molar-refractivity contribution in [1.82, 2.24) is 0 Å². The molecule has 112 valence electrons. The van der Waals surface area contributed by atoms with Crippen molar-refractivity contribution < 1.29 is 0 Å². The molecule has 0 aliphatic rings. The molecule has 20 heavy (non-hydrogen) atoms. The number of rotatable bonds is 8. The zero-order valence-electron chi connectivity index (χ0n) is 14.0. The number of allylic oxidation sites excluding steroid dienone is 6. The maximum atomic E-state index is 4.51. The van der Waals surface area contributed by atoms with Gasteiger partial charge in [0.15, 0.2) is 0 Å². The third kappa shape index (κ3) is 11.7. The first-order valence-electron chi connectivity index (χ1n) is 7.42. The van der Waals surface area contributed by atoms with Crippen molar-refractivity contribution in [2.75, 3.05) is 0 Å². The zero-order valence-corrected chi connectivity index (χ0v) is 14.0. The fourth-order valence-electron chi connectivity index (χ4n) is 1.58. The first kappa shape index (κ1) is 18.6. The van der Waals surface area contributed by atoms with E-state index in [1.807, 2.05) is 12.3 Å². The predicted molar refractivity (Wildman–Crippen MR) is 93.6 cm³/mol.